The topological polar surface area (TPSA) is 29.5 Å². The highest BCUT2D eigenvalue weighted by molar-refractivity contribution is 5.99. The molecule has 1 aromatic rings. The molecule has 2 heterocycles. The number of nitrogens with zero attached hydrogens (tertiary/aromatic N) is 1. The molecule has 3 nitrogen and oxygen atoms in total. The van der Waals surface area contributed by atoms with Gasteiger partial charge in [0.25, 0.3) is 5.91 Å². The highest BCUT2D eigenvalue weighted by atomic mass is 16.5. The summed E-state index contributed by atoms with van der Waals surface area (Å²) < 4.78 is 5.36. The summed E-state index contributed by atoms with van der Waals surface area (Å²) in [6.45, 7) is 6.07. The van der Waals surface area contributed by atoms with Crippen LogP contribution in [0, 0.1) is 0 Å². The number of rotatable bonds is 2. The van der Waals surface area contributed by atoms with Gasteiger partial charge < -0.3 is 9.64 Å². The standard InChI is InChI=1S/C15H17NO2/c1-2-11-4-3-5-13-14(11)10-16(15(13)17)12-6-8-18-9-7-12/h2-5,12H,1,6-10H2. The van der Waals surface area contributed by atoms with Crippen LogP contribution in [0.2, 0.25) is 0 Å². The number of ether oxygens (including phenoxy) is 1. The summed E-state index contributed by atoms with van der Waals surface area (Å²) in [4.78, 5) is 14.4. The third kappa shape index (κ3) is 1.75. The van der Waals surface area contributed by atoms with Gasteiger partial charge in [-0.05, 0) is 30.0 Å². The van der Waals surface area contributed by atoms with Crippen molar-refractivity contribution in [1.82, 2.24) is 4.90 Å². The van der Waals surface area contributed by atoms with Gasteiger partial charge in [-0.1, -0.05) is 24.8 Å². The van der Waals surface area contributed by atoms with Gasteiger partial charge in [0, 0.05) is 31.4 Å². The maximum Gasteiger partial charge on any atom is 0.254 e. The maximum atomic E-state index is 12.4. The Kier molecular flexibility index (Phi) is 2.92. The molecule has 0 radical (unpaired) electrons. The Bertz CT molecular complexity index is 489. The molecule has 2 aliphatic rings. The Morgan fingerprint density at radius 1 is 1.33 bits per heavy atom. The van der Waals surface area contributed by atoms with Gasteiger partial charge in [-0.25, -0.2) is 0 Å². The van der Waals surface area contributed by atoms with Gasteiger partial charge in [0.1, 0.15) is 0 Å². The average molecular weight is 243 g/mol. The van der Waals surface area contributed by atoms with Crippen LogP contribution in [0.3, 0.4) is 0 Å². The first-order valence-corrected chi connectivity index (χ1v) is 6.44. The average Bonchev–Trinajstić information content (AvgIpc) is 2.77. The Labute approximate surface area is 107 Å². The molecule has 0 spiro atoms. The molecule has 0 bridgehead atoms. The molecule has 0 aromatic heterocycles. The van der Waals surface area contributed by atoms with E-state index >= 15 is 0 Å². The third-order valence-electron chi connectivity index (χ3n) is 3.88. The van der Waals surface area contributed by atoms with E-state index in [1.54, 1.807) is 0 Å². The van der Waals surface area contributed by atoms with Gasteiger partial charge in [0.2, 0.25) is 0 Å². The van der Waals surface area contributed by atoms with Gasteiger partial charge >= 0.3 is 0 Å². The molecule has 3 rings (SSSR count). The largest absolute Gasteiger partial charge is 0.381 e. The van der Waals surface area contributed by atoms with E-state index in [0.717, 1.165) is 49.3 Å². The fourth-order valence-corrected chi connectivity index (χ4v) is 2.86. The van der Waals surface area contributed by atoms with Crippen LogP contribution in [0.1, 0.15) is 34.3 Å². The van der Waals surface area contributed by atoms with Crippen molar-refractivity contribution >= 4 is 12.0 Å². The maximum absolute atomic E-state index is 12.4. The Hall–Kier alpha value is -1.61. The predicted molar refractivity (Wildman–Crippen MR) is 70.2 cm³/mol. The van der Waals surface area contributed by atoms with Crippen molar-refractivity contribution in [2.24, 2.45) is 0 Å². The van der Waals surface area contributed by atoms with Crippen LogP contribution < -0.4 is 0 Å². The van der Waals surface area contributed by atoms with E-state index in [-0.39, 0.29) is 5.91 Å². The van der Waals surface area contributed by atoms with E-state index in [9.17, 15) is 4.79 Å². The zero-order valence-electron chi connectivity index (χ0n) is 10.4. The molecule has 3 heteroatoms. The fourth-order valence-electron chi connectivity index (χ4n) is 2.86. The Balaban J connectivity index is 1.90. The second-order valence-corrected chi connectivity index (χ2v) is 4.85. The Morgan fingerprint density at radius 3 is 2.83 bits per heavy atom. The van der Waals surface area contributed by atoms with Crippen LogP contribution in [0.4, 0.5) is 0 Å². The minimum atomic E-state index is 0.167. The zero-order chi connectivity index (χ0) is 12.5. The smallest absolute Gasteiger partial charge is 0.254 e. The summed E-state index contributed by atoms with van der Waals surface area (Å²) in [5.74, 6) is 0.167. The first-order chi connectivity index (χ1) is 8.81. The first-order valence-electron chi connectivity index (χ1n) is 6.44. The SMILES string of the molecule is C=Cc1cccc2c1CN(C1CCOCC1)C2=O. The summed E-state index contributed by atoms with van der Waals surface area (Å²) in [6.07, 6.45) is 3.73. The highest BCUT2D eigenvalue weighted by Gasteiger charge is 2.34. The van der Waals surface area contributed by atoms with Gasteiger partial charge in [-0.15, -0.1) is 0 Å². The first kappa shape index (κ1) is 11.5. The van der Waals surface area contributed by atoms with Crippen molar-refractivity contribution < 1.29 is 9.53 Å². The molecule has 0 N–H and O–H groups in total. The zero-order valence-corrected chi connectivity index (χ0v) is 10.4. The van der Waals surface area contributed by atoms with Gasteiger partial charge in [0.05, 0.1) is 0 Å². The molecule has 0 atom stereocenters. The minimum absolute atomic E-state index is 0.167. The summed E-state index contributed by atoms with van der Waals surface area (Å²) in [5, 5.41) is 0. The van der Waals surface area contributed by atoms with Gasteiger partial charge in [-0.3, -0.25) is 4.79 Å². The molecule has 1 fully saturated rings. The summed E-state index contributed by atoms with van der Waals surface area (Å²) in [7, 11) is 0. The molecule has 1 amide bonds. The number of amides is 1. The third-order valence-corrected chi connectivity index (χ3v) is 3.88. The van der Waals surface area contributed by atoms with Gasteiger partial charge in [-0.2, -0.15) is 0 Å². The number of fused-ring (bicyclic) bond motifs is 1. The lowest BCUT2D eigenvalue weighted by molar-refractivity contribution is 0.0303. The molecule has 1 saturated heterocycles. The second kappa shape index (κ2) is 4.58. The summed E-state index contributed by atoms with van der Waals surface area (Å²) in [6, 6.07) is 6.20. The van der Waals surface area contributed by atoms with E-state index in [1.807, 2.05) is 29.2 Å². The van der Waals surface area contributed by atoms with Crippen LogP contribution in [0.5, 0.6) is 0 Å². The monoisotopic (exact) mass is 243 g/mol. The van der Waals surface area contributed by atoms with Crippen molar-refractivity contribution in [3.8, 4) is 0 Å². The number of carbonyl (C=O) groups excluding carboxylic acids is 1. The van der Waals surface area contributed by atoms with Crippen LogP contribution in [0.15, 0.2) is 24.8 Å². The fraction of sp³-hybridized carbons (Fsp3) is 0.400. The number of hydrogen-bond donors (Lipinski definition) is 0. The molecular formula is C15H17NO2. The van der Waals surface area contributed by atoms with Crippen LogP contribution in [-0.4, -0.2) is 30.1 Å². The van der Waals surface area contributed by atoms with Crippen molar-refractivity contribution in [1.29, 1.82) is 0 Å². The number of benzene rings is 1. The van der Waals surface area contributed by atoms with Crippen LogP contribution in [-0.2, 0) is 11.3 Å². The summed E-state index contributed by atoms with van der Waals surface area (Å²) >= 11 is 0. The summed E-state index contributed by atoms with van der Waals surface area (Å²) in [5.41, 5.74) is 3.05. The lowest BCUT2D eigenvalue weighted by Gasteiger charge is -2.30. The van der Waals surface area contributed by atoms with Crippen molar-refractivity contribution in [3.05, 3.63) is 41.5 Å². The van der Waals surface area contributed by atoms with Crippen molar-refractivity contribution in [2.45, 2.75) is 25.4 Å². The van der Waals surface area contributed by atoms with E-state index in [1.165, 1.54) is 0 Å². The molecule has 0 aliphatic carbocycles. The van der Waals surface area contributed by atoms with E-state index in [4.69, 9.17) is 4.74 Å². The van der Waals surface area contributed by atoms with E-state index < -0.39 is 0 Å². The van der Waals surface area contributed by atoms with Crippen molar-refractivity contribution in [3.63, 3.8) is 0 Å². The van der Waals surface area contributed by atoms with Crippen LogP contribution >= 0.6 is 0 Å². The van der Waals surface area contributed by atoms with E-state index in [2.05, 4.69) is 6.58 Å². The number of hydrogen-bond acceptors (Lipinski definition) is 2. The molecule has 1 aromatic carbocycles. The Morgan fingerprint density at radius 2 is 2.11 bits per heavy atom. The van der Waals surface area contributed by atoms with Gasteiger partial charge in [0.15, 0.2) is 0 Å². The van der Waals surface area contributed by atoms with E-state index in [0.29, 0.717) is 6.04 Å². The molecule has 18 heavy (non-hydrogen) atoms. The predicted octanol–water partition coefficient (Wildman–Crippen LogP) is 2.46. The lowest BCUT2D eigenvalue weighted by atomic mass is 10.0. The molecule has 0 unspecified atom stereocenters. The molecule has 0 saturated carbocycles. The molecular weight excluding hydrogens is 226 g/mol. The lowest BCUT2D eigenvalue weighted by Crippen LogP contribution is -2.39. The van der Waals surface area contributed by atoms with Crippen LogP contribution in [0.25, 0.3) is 6.08 Å². The van der Waals surface area contributed by atoms with Crippen molar-refractivity contribution in [2.75, 3.05) is 13.2 Å². The molecule has 2 aliphatic heterocycles. The molecule has 94 valence electrons. The second-order valence-electron chi connectivity index (χ2n) is 4.85. The number of carbonyl (C=O) groups is 1. The normalized spacial score (nSPS) is 20.0. The quantitative estimate of drug-likeness (QED) is 0.798. The minimum Gasteiger partial charge on any atom is -0.381 e. The highest BCUT2D eigenvalue weighted by Crippen LogP contribution is 2.30.